The lowest BCUT2D eigenvalue weighted by Gasteiger charge is -2.24. The van der Waals surface area contributed by atoms with E-state index in [1.54, 1.807) is 26.7 Å². The van der Waals surface area contributed by atoms with Gasteiger partial charge in [0.05, 0.1) is 52.4 Å². The maximum absolute atomic E-state index is 13.3. The molecule has 0 spiro atoms. The first-order valence-corrected chi connectivity index (χ1v) is 11.0. The molecule has 0 bridgehead atoms. The highest BCUT2D eigenvalue weighted by Gasteiger charge is 2.20. The third-order valence-corrected chi connectivity index (χ3v) is 5.49. The fraction of sp³-hybridized carbons (Fsp3) is 0.222. The van der Waals surface area contributed by atoms with Crippen LogP contribution in [0.15, 0.2) is 94.2 Å². The minimum Gasteiger partial charge on any atom is -0.497 e. The zero-order chi connectivity index (χ0) is 23.8. The van der Waals surface area contributed by atoms with Crippen molar-refractivity contribution < 1.29 is 23.1 Å². The van der Waals surface area contributed by atoms with Gasteiger partial charge in [0.2, 0.25) is 5.91 Å². The zero-order valence-electron chi connectivity index (χ0n) is 19.3. The Bertz CT molecular complexity index is 1050. The Hall–Kier alpha value is -3.97. The number of rotatable bonds is 11. The van der Waals surface area contributed by atoms with Gasteiger partial charge in [-0.1, -0.05) is 24.3 Å². The van der Waals surface area contributed by atoms with Crippen molar-refractivity contribution in [3.8, 4) is 11.5 Å². The Morgan fingerprint density at radius 3 is 1.65 bits per heavy atom. The van der Waals surface area contributed by atoms with Gasteiger partial charge in [-0.2, -0.15) is 0 Å². The summed E-state index contributed by atoms with van der Waals surface area (Å²) in [5.74, 6) is 2.95. The first-order valence-electron chi connectivity index (χ1n) is 11.0. The Morgan fingerprint density at radius 1 is 0.794 bits per heavy atom. The monoisotopic (exact) mass is 460 g/mol. The molecular formula is C27H28N2O5. The molecule has 4 rings (SSSR count). The molecule has 1 amide bonds. The van der Waals surface area contributed by atoms with Gasteiger partial charge in [0, 0.05) is 0 Å². The van der Waals surface area contributed by atoms with Gasteiger partial charge in [-0.25, -0.2) is 0 Å². The summed E-state index contributed by atoms with van der Waals surface area (Å²) in [5.41, 5.74) is 1.89. The predicted octanol–water partition coefficient (Wildman–Crippen LogP) is 4.80. The number of ether oxygens (including phenoxy) is 2. The molecule has 0 aliphatic carbocycles. The van der Waals surface area contributed by atoms with Crippen LogP contribution in [0.2, 0.25) is 0 Å². The molecule has 2 aromatic heterocycles. The fourth-order valence-electron chi connectivity index (χ4n) is 3.78. The van der Waals surface area contributed by atoms with Crippen molar-refractivity contribution in [3.05, 3.63) is 108 Å². The summed E-state index contributed by atoms with van der Waals surface area (Å²) in [4.78, 5) is 15.2. The van der Waals surface area contributed by atoms with Crippen LogP contribution in [-0.4, -0.2) is 31.6 Å². The minimum absolute atomic E-state index is 0.116. The number of benzene rings is 2. The number of hydrogen-bond acceptors (Lipinski definition) is 6. The van der Waals surface area contributed by atoms with Crippen LogP contribution < -0.4 is 14.8 Å². The molecule has 0 saturated carbocycles. The Morgan fingerprint density at radius 2 is 1.26 bits per heavy atom. The molecule has 0 aliphatic rings. The van der Waals surface area contributed by atoms with E-state index in [0.717, 1.165) is 34.1 Å². The molecule has 0 radical (unpaired) electrons. The molecule has 176 valence electrons. The zero-order valence-corrected chi connectivity index (χ0v) is 19.3. The van der Waals surface area contributed by atoms with Crippen LogP contribution in [0.25, 0.3) is 0 Å². The highest BCUT2D eigenvalue weighted by atomic mass is 16.5. The average Bonchev–Trinajstić information content (AvgIpc) is 3.57. The van der Waals surface area contributed by atoms with E-state index in [1.807, 2.05) is 77.7 Å². The maximum atomic E-state index is 13.3. The van der Waals surface area contributed by atoms with Crippen LogP contribution in [-0.2, 0) is 17.9 Å². The molecule has 7 nitrogen and oxygen atoms in total. The van der Waals surface area contributed by atoms with Crippen molar-refractivity contribution in [2.75, 3.05) is 20.8 Å². The lowest BCUT2D eigenvalue weighted by molar-refractivity contribution is -0.123. The second kappa shape index (κ2) is 11.2. The van der Waals surface area contributed by atoms with E-state index in [4.69, 9.17) is 18.3 Å². The average molecular weight is 461 g/mol. The molecule has 0 atom stereocenters. The lowest BCUT2D eigenvalue weighted by Crippen LogP contribution is -2.38. The summed E-state index contributed by atoms with van der Waals surface area (Å²) >= 11 is 0. The largest absolute Gasteiger partial charge is 0.497 e. The Kier molecular flexibility index (Phi) is 7.67. The Labute approximate surface area is 198 Å². The normalized spacial score (nSPS) is 11.1. The second-order valence-electron chi connectivity index (χ2n) is 7.85. The summed E-state index contributed by atoms with van der Waals surface area (Å²) in [7, 11) is 3.26. The van der Waals surface area contributed by atoms with Gasteiger partial charge in [0.25, 0.3) is 0 Å². The van der Waals surface area contributed by atoms with Crippen molar-refractivity contribution in [2.24, 2.45) is 0 Å². The topological polar surface area (TPSA) is 77.1 Å². The van der Waals surface area contributed by atoms with Crippen LogP contribution in [0.1, 0.15) is 28.7 Å². The molecule has 0 unspecified atom stereocenters. The van der Waals surface area contributed by atoms with Gasteiger partial charge >= 0.3 is 0 Å². The van der Waals surface area contributed by atoms with Crippen LogP contribution in [0.3, 0.4) is 0 Å². The quantitative estimate of drug-likeness (QED) is 0.347. The number of furan rings is 2. The van der Waals surface area contributed by atoms with Crippen LogP contribution in [0, 0.1) is 0 Å². The number of nitrogens with one attached hydrogen (secondary N) is 1. The van der Waals surface area contributed by atoms with E-state index in [9.17, 15) is 4.79 Å². The number of hydrogen-bond donors (Lipinski definition) is 1. The fourth-order valence-corrected chi connectivity index (χ4v) is 3.78. The molecule has 0 aliphatic heterocycles. The molecule has 2 aromatic carbocycles. The summed E-state index contributed by atoms with van der Waals surface area (Å²) in [5, 5.41) is 3.19. The third kappa shape index (κ3) is 6.08. The van der Waals surface area contributed by atoms with Gasteiger partial charge in [-0.3, -0.25) is 9.69 Å². The van der Waals surface area contributed by atoms with Gasteiger partial charge in [0.15, 0.2) is 0 Å². The summed E-state index contributed by atoms with van der Waals surface area (Å²) < 4.78 is 21.6. The molecule has 34 heavy (non-hydrogen) atoms. The van der Waals surface area contributed by atoms with Crippen LogP contribution in [0.5, 0.6) is 11.5 Å². The SMILES string of the molecule is COc1ccc(C(NC(=O)CN(Cc2ccco2)Cc2ccco2)c2ccc(OC)cc2)cc1. The number of methoxy groups -OCH3 is 2. The molecule has 4 aromatic rings. The highest BCUT2D eigenvalue weighted by molar-refractivity contribution is 5.79. The third-order valence-electron chi connectivity index (χ3n) is 5.49. The van der Waals surface area contributed by atoms with Crippen molar-refractivity contribution >= 4 is 5.91 Å². The van der Waals surface area contributed by atoms with E-state index in [2.05, 4.69) is 5.32 Å². The van der Waals surface area contributed by atoms with Crippen molar-refractivity contribution in [1.82, 2.24) is 10.2 Å². The van der Waals surface area contributed by atoms with Crippen molar-refractivity contribution in [2.45, 2.75) is 19.1 Å². The standard InChI is InChI=1S/C27H28N2O5/c1-31-22-11-7-20(8-12-22)27(21-9-13-23(32-2)14-10-21)28-26(30)19-29(17-24-5-3-15-33-24)18-25-6-4-16-34-25/h3-16,27H,17-19H2,1-2H3,(H,28,30). The molecule has 0 saturated heterocycles. The molecule has 0 fully saturated rings. The van der Waals surface area contributed by atoms with Gasteiger partial charge < -0.3 is 23.6 Å². The summed E-state index contributed by atoms with van der Waals surface area (Å²) in [6, 6.07) is 22.5. The smallest absolute Gasteiger partial charge is 0.234 e. The maximum Gasteiger partial charge on any atom is 0.234 e. The van der Waals surface area contributed by atoms with E-state index < -0.39 is 0 Å². The van der Waals surface area contributed by atoms with Crippen LogP contribution >= 0.6 is 0 Å². The minimum atomic E-state index is -0.335. The van der Waals surface area contributed by atoms with Gasteiger partial charge in [-0.15, -0.1) is 0 Å². The highest BCUT2D eigenvalue weighted by Crippen LogP contribution is 2.26. The number of carbonyl (C=O) groups excluding carboxylic acids is 1. The molecule has 1 N–H and O–H groups in total. The lowest BCUT2D eigenvalue weighted by atomic mass is 9.98. The van der Waals surface area contributed by atoms with E-state index in [-0.39, 0.29) is 18.5 Å². The summed E-state index contributed by atoms with van der Waals surface area (Å²) in [6.07, 6.45) is 3.26. The van der Waals surface area contributed by atoms with Gasteiger partial charge in [-0.05, 0) is 59.7 Å². The van der Waals surface area contributed by atoms with E-state index in [1.165, 1.54) is 0 Å². The molecule has 2 heterocycles. The first-order chi connectivity index (χ1) is 16.6. The van der Waals surface area contributed by atoms with Gasteiger partial charge in [0.1, 0.15) is 23.0 Å². The predicted molar refractivity (Wildman–Crippen MR) is 128 cm³/mol. The number of amides is 1. The van der Waals surface area contributed by atoms with Crippen molar-refractivity contribution in [3.63, 3.8) is 0 Å². The van der Waals surface area contributed by atoms with Crippen molar-refractivity contribution in [1.29, 1.82) is 0 Å². The molecule has 7 heteroatoms. The first kappa shape index (κ1) is 23.2. The summed E-state index contributed by atoms with van der Waals surface area (Å²) in [6.45, 7) is 1.14. The van der Waals surface area contributed by atoms with E-state index in [0.29, 0.717) is 13.1 Å². The number of carbonyl (C=O) groups is 1. The Balaban J connectivity index is 1.53. The van der Waals surface area contributed by atoms with Crippen LogP contribution in [0.4, 0.5) is 0 Å². The molecular weight excluding hydrogens is 432 g/mol. The number of nitrogens with zero attached hydrogens (tertiary/aromatic N) is 1. The second-order valence-corrected chi connectivity index (χ2v) is 7.85. The van der Waals surface area contributed by atoms with E-state index >= 15 is 0 Å².